The molecule has 4 aliphatic rings. The predicted molar refractivity (Wildman–Crippen MR) is 128 cm³/mol. The van der Waals surface area contributed by atoms with Crippen LogP contribution in [-0.4, -0.2) is 37.5 Å². The van der Waals surface area contributed by atoms with Crippen molar-refractivity contribution < 1.29 is 19.1 Å². The molecule has 3 aliphatic carbocycles. The topological polar surface area (TPSA) is 55.8 Å². The molecule has 2 bridgehead atoms. The van der Waals surface area contributed by atoms with Gasteiger partial charge in [0.15, 0.2) is 11.5 Å². The zero-order valence-corrected chi connectivity index (χ0v) is 19.6. The molecule has 5 nitrogen and oxygen atoms in total. The van der Waals surface area contributed by atoms with Crippen LogP contribution in [0.2, 0.25) is 0 Å². The largest absolute Gasteiger partial charge is 0.493 e. The first-order chi connectivity index (χ1) is 16.5. The van der Waals surface area contributed by atoms with Gasteiger partial charge in [0.05, 0.1) is 26.1 Å². The second-order valence-corrected chi connectivity index (χ2v) is 9.63. The molecule has 1 saturated heterocycles. The number of methoxy groups -OCH3 is 2. The summed E-state index contributed by atoms with van der Waals surface area (Å²) in [5, 5.41) is 0. The molecule has 3 aromatic rings. The Morgan fingerprint density at radius 3 is 2.06 bits per heavy atom. The van der Waals surface area contributed by atoms with Gasteiger partial charge in [-0.2, -0.15) is 0 Å². The first kappa shape index (κ1) is 21.0. The molecular weight excluding hydrogens is 426 g/mol. The van der Waals surface area contributed by atoms with Crippen molar-refractivity contribution in [2.45, 2.75) is 24.7 Å². The molecule has 1 heterocycles. The second kappa shape index (κ2) is 7.45. The fraction of sp³-hybridized carbons (Fsp3) is 0.310. The predicted octanol–water partition coefficient (Wildman–Crippen LogP) is 4.31. The lowest BCUT2D eigenvalue weighted by atomic mass is 9.48. The Hall–Kier alpha value is -3.60. The number of hydrogen-bond donors (Lipinski definition) is 0. The Morgan fingerprint density at radius 2 is 1.44 bits per heavy atom. The van der Waals surface area contributed by atoms with E-state index in [9.17, 15) is 9.59 Å². The maximum absolute atomic E-state index is 13.9. The van der Waals surface area contributed by atoms with Gasteiger partial charge >= 0.3 is 0 Å². The summed E-state index contributed by atoms with van der Waals surface area (Å²) in [4.78, 5) is 29.2. The number of rotatable bonds is 5. The van der Waals surface area contributed by atoms with Gasteiger partial charge in [0.25, 0.3) is 0 Å². The number of likely N-dealkylation sites (tertiary alicyclic amines) is 1. The van der Waals surface area contributed by atoms with Gasteiger partial charge in [-0.1, -0.05) is 61.5 Å². The molecule has 1 fully saturated rings. The van der Waals surface area contributed by atoms with Crippen molar-refractivity contribution in [2.75, 3.05) is 20.8 Å². The minimum absolute atomic E-state index is 0.0456. The molecule has 2 amide bonds. The molecule has 2 atom stereocenters. The molecule has 1 aliphatic heterocycles. The first-order valence-electron chi connectivity index (χ1n) is 11.8. The van der Waals surface area contributed by atoms with Crippen molar-refractivity contribution in [3.63, 3.8) is 0 Å². The standard InChI is InChI=1S/C29H27NO4/c1-29-20-10-6-4-8-18(20)24(19-9-5-7-11-21(19)29)25-26(29)28(32)30(27(25)31)15-14-17-12-13-22(33-2)23(16-17)34-3/h4-13,16,24-26H,14-15H2,1-3H3/t24?,25-,26+,29?/m1/s1. The minimum Gasteiger partial charge on any atom is -0.493 e. The molecule has 7 rings (SSSR count). The number of carbonyl (C=O) groups is 2. The van der Waals surface area contributed by atoms with Gasteiger partial charge in [0.2, 0.25) is 11.8 Å². The Bertz CT molecular complexity index is 1280. The van der Waals surface area contributed by atoms with E-state index in [4.69, 9.17) is 9.47 Å². The van der Waals surface area contributed by atoms with Crippen molar-refractivity contribution in [3.05, 3.63) is 94.5 Å². The summed E-state index contributed by atoms with van der Waals surface area (Å²) in [7, 11) is 3.21. The molecule has 3 aromatic carbocycles. The summed E-state index contributed by atoms with van der Waals surface area (Å²) in [5.41, 5.74) is 5.22. The normalized spacial score (nSPS) is 26.2. The van der Waals surface area contributed by atoms with Crippen LogP contribution in [0.5, 0.6) is 11.5 Å². The summed E-state index contributed by atoms with van der Waals surface area (Å²) in [6.45, 7) is 2.51. The molecule has 0 saturated carbocycles. The van der Waals surface area contributed by atoms with E-state index in [0.717, 1.165) is 5.56 Å². The smallest absolute Gasteiger partial charge is 0.234 e. The van der Waals surface area contributed by atoms with Crippen LogP contribution in [-0.2, 0) is 21.4 Å². The van der Waals surface area contributed by atoms with E-state index in [-0.39, 0.29) is 29.6 Å². The van der Waals surface area contributed by atoms with Gasteiger partial charge < -0.3 is 9.47 Å². The molecule has 34 heavy (non-hydrogen) atoms. The van der Waals surface area contributed by atoms with Gasteiger partial charge in [-0.25, -0.2) is 0 Å². The summed E-state index contributed by atoms with van der Waals surface area (Å²) in [6, 6.07) is 22.4. The van der Waals surface area contributed by atoms with Crippen LogP contribution >= 0.6 is 0 Å². The molecular formula is C29H27NO4. The molecule has 172 valence electrons. The van der Waals surface area contributed by atoms with Gasteiger partial charge in [-0.15, -0.1) is 0 Å². The van der Waals surface area contributed by atoms with Gasteiger partial charge in [0.1, 0.15) is 0 Å². The molecule has 0 N–H and O–H groups in total. The lowest BCUT2D eigenvalue weighted by molar-refractivity contribution is -0.140. The van der Waals surface area contributed by atoms with Gasteiger partial charge in [-0.05, 0) is 46.4 Å². The van der Waals surface area contributed by atoms with Gasteiger partial charge in [0, 0.05) is 17.9 Å². The maximum atomic E-state index is 13.9. The number of nitrogens with zero attached hydrogens (tertiary/aromatic N) is 1. The average molecular weight is 454 g/mol. The zero-order chi connectivity index (χ0) is 23.6. The molecule has 5 heteroatoms. The Labute approximate surface area is 199 Å². The van der Waals surface area contributed by atoms with Crippen LogP contribution in [0.25, 0.3) is 0 Å². The molecule has 0 aromatic heterocycles. The number of hydrogen-bond acceptors (Lipinski definition) is 4. The van der Waals surface area contributed by atoms with Gasteiger partial charge in [-0.3, -0.25) is 14.5 Å². The highest BCUT2D eigenvalue weighted by Gasteiger charge is 2.66. The third-order valence-electron chi connectivity index (χ3n) is 8.21. The van der Waals surface area contributed by atoms with Crippen LogP contribution in [0.1, 0.15) is 40.7 Å². The van der Waals surface area contributed by atoms with Crippen molar-refractivity contribution in [3.8, 4) is 11.5 Å². The minimum atomic E-state index is -0.516. The number of amides is 2. The maximum Gasteiger partial charge on any atom is 0.234 e. The molecule has 0 unspecified atom stereocenters. The Balaban J connectivity index is 1.37. The Kier molecular flexibility index (Phi) is 4.60. The first-order valence-corrected chi connectivity index (χ1v) is 11.8. The van der Waals surface area contributed by atoms with E-state index < -0.39 is 5.41 Å². The number of imide groups is 1. The molecule has 0 radical (unpaired) electrons. The van der Waals surface area contributed by atoms with Crippen LogP contribution in [0.4, 0.5) is 0 Å². The second-order valence-electron chi connectivity index (χ2n) is 9.63. The number of carbonyl (C=O) groups excluding carboxylic acids is 2. The van der Waals surface area contributed by atoms with Crippen molar-refractivity contribution in [1.82, 2.24) is 4.90 Å². The van der Waals surface area contributed by atoms with Crippen LogP contribution in [0.15, 0.2) is 66.7 Å². The summed E-state index contributed by atoms with van der Waals surface area (Å²) < 4.78 is 10.7. The van der Waals surface area contributed by atoms with E-state index in [2.05, 4.69) is 31.2 Å². The van der Waals surface area contributed by atoms with Crippen LogP contribution in [0, 0.1) is 11.8 Å². The lowest BCUT2D eigenvalue weighted by Crippen LogP contribution is -2.51. The third kappa shape index (κ3) is 2.61. The van der Waals surface area contributed by atoms with Crippen LogP contribution in [0.3, 0.4) is 0 Å². The third-order valence-corrected chi connectivity index (χ3v) is 8.21. The summed E-state index contributed by atoms with van der Waals surface area (Å²) in [6.07, 6.45) is 0.568. The molecule has 0 spiro atoms. The Morgan fingerprint density at radius 1 is 0.824 bits per heavy atom. The van der Waals surface area contributed by atoms with E-state index in [0.29, 0.717) is 24.5 Å². The van der Waals surface area contributed by atoms with Crippen LogP contribution < -0.4 is 9.47 Å². The SMILES string of the molecule is COc1ccc(CCN2C(=O)[C@@H]3C4c5ccccc5C(C)(c5ccccc54)[C@@H]3C2=O)cc1OC. The lowest BCUT2D eigenvalue weighted by Gasteiger charge is -2.52. The monoisotopic (exact) mass is 453 g/mol. The summed E-state index contributed by atoms with van der Waals surface area (Å²) in [5.74, 6) is 0.396. The van der Waals surface area contributed by atoms with E-state index in [1.165, 1.54) is 27.2 Å². The van der Waals surface area contributed by atoms with Crippen molar-refractivity contribution in [2.24, 2.45) is 11.8 Å². The van der Waals surface area contributed by atoms with E-state index >= 15 is 0 Å². The fourth-order valence-electron chi connectivity index (χ4n) is 6.71. The van der Waals surface area contributed by atoms with Crippen molar-refractivity contribution in [1.29, 1.82) is 0 Å². The highest BCUT2D eigenvalue weighted by atomic mass is 16.5. The number of ether oxygens (including phenoxy) is 2. The van der Waals surface area contributed by atoms with E-state index in [1.54, 1.807) is 14.2 Å². The zero-order valence-electron chi connectivity index (χ0n) is 19.6. The fourth-order valence-corrected chi connectivity index (χ4v) is 6.71. The average Bonchev–Trinajstić information content (AvgIpc) is 3.13. The highest BCUT2D eigenvalue weighted by molar-refractivity contribution is 6.08. The summed E-state index contributed by atoms with van der Waals surface area (Å²) >= 11 is 0. The van der Waals surface area contributed by atoms with E-state index in [1.807, 2.05) is 42.5 Å². The highest BCUT2D eigenvalue weighted by Crippen LogP contribution is 2.63. The quantitative estimate of drug-likeness (QED) is 0.540. The number of benzene rings is 3. The van der Waals surface area contributed by atoms with Crippen molar-refractivity contribution >= 4 is 11.8 Å².